The van der Waals surface area contributed by atoms with Crippen LogP contribution in [0, 0.1) is 24.5 Å². The third-order valence-corrected chi connectivity index (χ3v) is 9.64. The number of fused-ring (bicyclic) bond motifs is 2. The standard InChI is InChI=1S/C18H12N2.2C17H12NO2.C4H8O2.CH2Cl2.F6P.Ir/c1-2-14-6-8-15(9-7-14)16-10-11-18(20-13-16)17-5-3-4-12-19-17;2*1-20-17(19)14-11-16(12-7-3-2-4-8-12)18-15-10-6-5-9-13(14)15;1-3-6-4(2)5;2-1-3;1-7(2,3,4,5)6;/h1,3-13H;2*2-7,9-11H,1H3;3H2,1-2H3;1H2;;/q;2*-1;;;-1;+3. The zero-order chi connectivity index (χ0) is 55.8. The summed E-state index contributed by atoms with van der Waals surface area (Å²) in [5, 5.41) is 1.78. The normalized spacial score (nSPS) is 10.9. The van der Waals surface area contributed by atoms with E-state index in [9.17, 15) is 39.6 Å². The number of aromatic nitrogens is 4. The molecule has 0 saturated carbocycles. The number of pyridine rings is 4. The van der Waals surface area contributed by atoms with Crippen LogP contribution in [0.3, 0.4) is 0 Å². The van der Waals surface area contributed by atoms with Crippen LogP contribution in [-0.4, -0.2) is 64.0 Å². The van der Waals surface area contributed by atoms with Gasteiger partial charge in [-0.25, -0.2) is 9.59 Å². The number of hydrogen-bond donors (Lipinski definition) is 0. The predicted molar refractivity (Wildman–Crippen MR) is 288 cm³/mol. The molecule has 400 valence electrons. The third-order valence-electron chi connectivity index (χ3n) is 9.64. The molecule has 9 aromatic rings. The molecule has 0 aliphatic heterocycles. The van der Waals surface area contributed by atoms with Gasteiger partial charge < -0.3 is 14.2 Å². The predicted octanol–water partition coefficient (Wildman–Crippen LogP) is 16.1. The van der Waals surface area contributed by atoms with Crippen molar-refractivity contribution in [2.24, 2.45) is 0 Å². The average Bonchev–Trinajstić information content (AvgIpc) is 3.42. The summed E-state index contributed by atoms with van der Waals surface area (Å²) in [6.45, 7) is 3.65. The number of rotatable bonds is 7. The summed E-state index contributed by atoms with van der Waals surface area (Å²) in [5.74, 6) is 1.68. The number of para-hydroxylation sites is 2. The molecule has 0 aliphatic carbocycles. The van der Waals surface area contributed by atoms with E-state index in [1.54, 1.807) is 25.3 Å². The maximum atomic E-state index is 12.0. The molecule has 4 heterocycles. The molecule has 0 bridgehead atoms. The molecule has 20 heteroatoms. The van der Waals surface area contributed by atoms with Crippen molar-refractivity contribution in [1.82, 2.24) is 19.9 Å². The number of esters is 3. The number of carbonyl (C=O) groups is 3. The molecular weight excluding hydrogens is 1240 g/mol. The molecule has 9 rings (SSSR count). The fourth-order valence-electron chi connectivity index (χ4n) is 6.48. The van der Waals surface area contributed by atoms with Crippen molar-refractivity contribution in [1.29, 1.82) is 0 Å². The number of carbonyl (C=O) groups excluding carboxylic acids is 3. The smallest absolute Gasteiger partial charge is 3.00 e. The maximum Gasteiger partial charge on any atom is 3.00 e. The number of nitrogens with zero attached hydrogens (tertiary/aromatic N) is 4. The Bertz CT molecular complexity index is 3230. The van der Waals surface area contributed by atoms with Crippen molar-refractivity contribution in [3.8, 4) is 57.4 Å². The van der Waals surface area contributed by atoms with Crippen molar-refractivity contribution >= 4 is 70.7 Å². The molecule has 0 radical (unpaired) electrons. The van der Waals surface area contributed by atoms with E-state index in [0.29, 0.717) is 29.1 Å². The summed E-state index contributed by atoms with van der Waals surface area (Å²) in [5.41, 5.74) is 10.5. The van der Waals surface area contributed by atoms with Gasteiger partial charge in [-0.05, 0) is 66.3 Å². The van der Waals surface area contributed by atoms with Gasteiger partial charge in [0.05, 0.1) is 59.7 Å². The first-order valence-corrected chi connectivity index (χ1v) is 25.4. The van der Waals surface area contributed by atoms with E-state index in [1.165, 1.54) is 21.1 Å². The molecule has 0 aliphatic rings. The Morgan fingerprint density at radius 1 is 0.597 bits per heavy atom. The van der Waals surface area contributed by atoms with Crippen LogP contribution < -0.4 is 0 Å². The quantitative estimate of drug-likeness (QED) is 0.0289. The molecule has 5 aromatic carbocycles. The van der Waals surface area contributed by atoms with E-state index >= 15 is 0 Å². The fraction of sp³-hybridized carbons (Fsp3) is 0.105. The molecule has 77 heavy (non-hydrogen) atoms. The third kappa shape index (κ3) is 22.7. The van der Waals surface area contributed by atoms with Gasteiger partial charge in [0.25, 0.3) is 0 Å². The van der Waals surface area contributed by atoms with E-state index in [0.717, 1.165) is 61.0 Å². The van der Waals surface area contributed by atoms with Gasteiger partial charge in [-0.1, -0.05) is 78.7 Å². The van der Waals surface area contributed by atoms with Gasteiger partial charge in [-0.15, -0.1) is 101 Å². The Kier molecular flexibility index (Phi) is 24.5. The van der Waals surface area contributed by atoms with Crippen molar-refractivity contribution < 1.29 is 73.9 Å². The number of benzene rings is 5. The van der Waals surface area contributed by atoms with Crippen LogP contribution in [0.4, 0.5) is 25.2 Å². The van der Waals surface area contributed by atoms with Crippen molar-refractivity contribution in [2.75, 3.05) is 26.2 Å². The molecule has 0 spiro atoms. The summed E-state index contributed by atoms with van der Waals surface area (Å²) in [6, 6.07) is 57.6. The largest absolute Gasteiger partial charge is 3.00 e. The Labute approximate surface area is 464 Å². The van der Waals surface area contributed by atoms with Gasteiger partial charge >= 0.3 is 71.0 Å². The van der Waals surface area contributed by atoms with Gasteiger partial charge in [0.2, 0.25) is 0 Å². The van der Waals surface area contributed by atoms with Crippen LogP contribution in [0.1, 0.15) is 40.1 Å². The molecule has 10 nitrogen and oxygen atoms in total. The first-order valence-electron chi connectivity index (χ1n) is 22.3. The Balaban J connectivity index is 0.000000265. The van der Waals surface area contributed by atoms with Gasteiger partial charge in [0.1, 0.15) is 0 Å². The molecule has 4 aromatic heterocycles. The summed E-state index contributed by atoms with van der Waals surface area (Å²) >= 11 is 9.53. The minimum atomic E-state index is -10.7. The number of hydrogen-bond acceptors (Lipinski definition) is 10. The number of halogens is 8. The SMILES string of the molecule is C#Cc1ccc(-c2ccc(-c3ccccn3)nc2)cc1.CCOC(C)=O.COC(=O)c1cc(-c2[c-]cccc2)nc2ccccc12.COC(=O)c1cc(-c2[c-]cccc2)nc2ccccc12.ClCCl.F[P-](F)(F)(F)(F)F.[Ir+3]. The summed E-state index contributed by atoms with van der Waals surface area (Å²) in [6.07, 6.45) is 8.98. The minimum Gasteiger partial charge on any atom is 3.00 e. The second kappa shape index (κ2) is 29.7. The van der Waals surface area contributed by atoms with Crippen LogP contribution in [0.15, 0.2) is 176 Å². The Morgan fingerprint density at radius 3 is 1.38 bits per heavy atom. The van der Waals surface area contributed by atoms with Gasteiger partial charge in [-0.2, -0.15) is 0 Å². The molecule has 0 fully saturated rings. The molecule has 0 atom stereocenters. The molecule has 0 saturated heterocycles. The number of ether oxygens (including phenoxy) is 3. The Hall–Kier alpha value is -7.57. The topological polar surface area (TPSA) is 130 Å². The molecule has 0 unspecified atom stereocenters. The number of alkyl halides is 2. The fourth-order valence-corrected chi connectivity index (χ4v) is 6.48. The molecule has 0 N–H and O–H groups in total. The maximum absolute atomic E-state index is 12.0. The van der Waals surface area contributed by atoms with E-state index in [2.05, 4.69) is 42.7 Å². The van der Waals surface area contributed by atoms with Crippen LogP contribution in [-0.2, 0) is 39.1 Å². The monoisotopic (exact) mass is 1290 g/mol. The van der Waals surface area contributed by atoms with E-state index in [-0.39, 0.29) is 43.4 Å². The van der Waals surface area contributed by atoms with Crippen molar-refractivity contribution in [3.63, 3.8) is 0 Å². The minimum absolute atomic E-state index is 0. The zero-order valence-electron chi connectivity index (χ0n) is 41.3. The number of terminal acetylenes is 1. The van der Waals surface area contributed by atoms with Gasteiger partial charge in [0.15, 0.2) is 0 Å². The average molecular weight is 1290 g/mol. The first kappa shape index (κ1) is 63.7. The Morgan fingerprint density at radius 2 is 1.03 bits per heavy atom. The molecule has 0 amide bonds. The summed E-state index contributed by atoms with van der Waals surface area (Å²) in [7, 11) is -7.90. The van der Waals surface area contributed by atoms with E-state index < -0.39 is 7.81 Å². The second-order valence-corrected chi connectivity index (χ2v) is 17.8. The van der Waals surface area contributed by atoms with Crippen molar-refractivity contribution in [2.45, 2.75) is 13.8 Å². The van der Waals surface area contributed by atoms with Crippen LogP contribution >= 0.6 is 31.0 Å². The van der Waals surface area contributed by atoms with E-state index in [4.69, 9.17) is 39.1 Å². The summed E-state index contributed by atoms with van der Waals surface area (Å²) < 4.78 is 73.3. The van der Waals surface area contributed by atoms with Gasteiger partial charge in [0, 0.05) is 41.2 Å². The zero-order valence-corrected chi connectivity index (χ0v) is 46.1. The van der Waals surface area contributed by atoms with Crippen LogP contribution in [0.2, 0.25) is 0 Å². The molecular formula is C57H46Cl2F6IrN4O6P. The van der Waals surface area contributed by atoms with Crippen LogP contribution in [0.25, 0.3) is 66.8 Å². The van der Waals surface area contributed by atoms with E-state index in [1.807, 2.05) is 158 Å². The second-order valence-electron chi connectivity index (χ2n) is 15.0. The van der Waals surface area contributed by atoms with Crippen molar-refractivity contribution in [3.05, 3.63) is 205 Å². The first-order chi connectivity index (χ1) is 36.1. The van der Waals surface area contributed by atoms with Gasteiger partial charge in [-0.3, -0.25) is 24.7 Å². The number of methoxy groups -OCH3 is 2. The van der Waals surface area contributed by atoms with Crippen LogP contribution in [0.5, 0.6) is 0 Å². The summed E-state index contributed by atoms with van der Waals surface area (Å²) in [4.78, 5) is 51.6.